The zero-order chi connectivity index (χ0) is 11.3. The zero-order valence-corrected chi connectivity index (χ0v) is 8.83. The van der Waals surface area contributed by atoms with E-state index in [1.165, 1.54) is 13.0 Å². The Labute approximate surface area is 90.9 Å². The third-order valence-electron chi connectivity index (χ3n) is 1.50. The molecule has 0 fully saturated rings. The van der Waals surface area contributed by atoms with Gasteiger partial charge in [0.05, 0.1) is 11.3 Å². The number of carbonyl (C=O) groups is 1. The molecule has 0 spiro atoms. The molecule has 0 aliphatic rings. The molecule has 0 aliphatic heterocycles. The van der Waals surface area contributed by atoms with Gasteiger partial charge in [0.25, 0.3) is 0 Å². The highest BCUT2D eigenvalue weighted by molar-refractivity contribution is 8.13. The van der Waals surface area contributed by atoms with Crippen molar-refractivity contribution < 1.29 is 13.6 Å². The minimum Gasteiger partial charge on any atom is -0.288 e. The van der Waals surface area contributed by atoms with E-state index >= 15 is 0 Å². The second kappa shape index (κ2) is 5.52. The van der Waals surface area contributed by atoms with Crippen LogP contribution in [-0.2, 0) is 4.79 Å². The summed E-state index contributed by atoms with van der Waals surface area (Å²) in [6.45, 7) is 1.44. The van der Waals surface area contributed by atoms with E-state index in [2.05, 4.69) is 11.8 Å². The molecule has 1 rings (SSSR count). The highest BCUT2D eigenvalue weighted by Crippen LogP contribution is 2.08. The van der Waals surface area contributed by atoms with Crippen LogP contribution in [0.15, 0.2) is 18.2 Å². The second-order valence-corrected chi connectivity index (χ2v) is 3.86. The summed E-state index contributed by atoms with van der Waals surface area (Å²) in [6.07, 6.45) is 0. The monoisotopic (exact) mass is 226 g/mol. The van der Waals surface area contributed by atoms with Crippen molar-refractivity contribution in [3.8, 4) is 11.8 Å². The summed E-state index contributed by atoms with van der Waals surface area (Å²) in [5.74, 6) is 4.15. The van der Waals surface area contributed by atoms with Crippen LogP contribution in [0.2, 0.25) is 0 Å². The number of hydrogen-bond acceptors (Lipinski definition) is 2. The molecule has 1 nitrogen and oxygen atoms in total. The minimum atomic E-state index is -0.685. The Morgan fingerprint density at radius 2 is 2.20 bits per heavy atom. The number of benzene rings is 1. The number of thioether (sulfide) groups is 1. The van der Waals surface area contributed by atoms with Crippen molar-refractivity contribution in [2.75, 3.05) is 5.75 Å². The average molecular weight is 226 g/mol. The highest BCUT2D eigenvalue weighted by atomic mass is 32.2. The molecule has 4 heteroatoms. The Balaban J connectivity index is 2.67. The first kappa shape index (κ1) is 11.7. The average Bonchev–Trinajstić information content (AvgIpc) is 2.14. The van der Waals surface area contributed by atoms with Crippen LogP contribution in [0.4, 0.5) is 8.78 Å². The lowest BCUT2D eigenvalue weighted by atomic mass is 10.2. The van der Waals surface area contributed by atoms with Crippen molar-refractivity contribution in [3.63, 3.8) is 0 Å². The predicted molar refractivity (Wildman–Crippen MR) is 56.4 cm³/mol. The first-order valence-electron chi connectivity index (χ1n) is 4.17. The number of halogens is 2. The molecule has 0 aromatic heterocycles. The zero-order valence-electron chi connectivity index (χ0n) is 8.01. The lowest BCUT2D eigenvalue weighted by molar-refractivity contribution is -0.109. The summed E-state index contributed by atoms with van der Waals surface area (Å²) in [5, 5.41) is -0.0381. The lowest BCUT2D eigenvalue weighted by Crippen LogP contribution is -1.86. The molecule has 1 aromatic carbocycles. The molecule has 0 saturated heterocycles. The quantitative estimate of drug-likeness (QED) is 0.685. The Morgan fingerprint density at radius 1 is 1.47 bits per heavy atom. The summed E-state index contributed by atoms with van der Waals surface area (Å²) >= 11 is 1.05. The summed E-state index contributed by atoms with van der Waals surface area (Å²) in [6, 6.07) is 3.20. The topological polar surface area (TPSA) is 17.1 Å². The van der Waals surface area contributed by atoms with Crippen LogP contribution >= 0.6 is 11.8 Å². The van der Waals surface area contributed by atoms with Crippen LogP contribution in [0.25, 0.3) is 0 Å². The summed E-state index contributed by atoms with van der Waals surface area (Å²) < 4.78 is 25.5. The molecule has 15 heavy (non-hydrogen) atoms. The maximum atomic E-state index is 13.0. The van der Waals surface area contributed by atoms with E-state index < -0.39 is 11.6 Å². The smallest absolute Gasteiger partial charge is 0.186 e. The summed E-state index contributed by atoms with van der Waals surface area (Å²) in [5.41, 5.74) is 0.139. The molecular weight excluding hydrogens is 218 g/mol. The highest BCUT2D eigenvalue weighted by Gasteiger charge is 1.99. The van der Waals surface area contributed by atoms with E-state index in [1.807, 2.05) is 0 Å². The van der Waals surface area contributed by atoms with Gasteiger partial charge < -0.3 is 0 Å². The number of rotatable bonds is 1. The maximum absolute atomic E-state index is 13.0. The molecule has 0 saturated carbocycles. The van der Waals surface area contributed by atoms with E-state index in [-0.39, 0.29) is 10.7 Å². The second-order valence-electron chi connectivity index (χ2n) is 2.71. The van der Waals surface area contributed by atoms with Gasteiger partial charge in [0.1, 0.15) is 11.6 Å². The fourth-order valence-electron chi connectivity index (χ4n) is 0.860. The minimum absolute atomic E-state index is 0.0381. The third-order valence-corrected chi connectivity index (χ3v) is 2.20. The van der Waals surface area contributed by atoms with Gasteiger partial charge in [-0.1, -0.05) is 23.6 Å². The van der Waals surface area contributed by atoms with Crippen LogP contribution in [0.3, 0.4) is 0 Å². The fourth-order valence-corrected chi connectivity index (χ4v) is 1.21. The number of carbonyl (C=O) groups excluding carboxylic acids is 1. The molecule has 0 bridgehead atoms. The lowest BCUT2D eigenvalue weighted by Gasteiger charge is -1.93. The molecular formula is C11H8F2OS. The van der Waals surface area contributed by atoms with Gasteiger partial charge in [-0.3, -0.25) is 4.79 Å². The molecule has 78 valence electrons. The van der Waals surface area contributed by atoms with Crippen molar-refractivity contribution in [2.45, 2.75) is 6.92 Å². The standard InChI is InChI=1S/C11H8F2OS/c1-8(14)15-6-2-3-9-4-5-10(12)7-11(9)13/h4-5,7H,6H2,1H3. The van der Waals surface area contributed by atoms with E-state index in [9.17, 15) is 13.6 Å². The van der Waals surface area contributed by atoms with Gasteiger partial charge in [-0.25, -0.2) is 8.78 Å². The van der Waals surface area contributed by atoms with Crippen LogP contribution < -0.4 is 0 Å². The maximum Gasteiger partial charge on any atom is 0.186 e. The van der Waals surface area contributed by atoms with Crippen molar-refractivity contribution in [3.05, 3.63) is 35.4 Å². The van der Waals surface area contributed by atoms with Gasteiger partial charge >= 0.3 is 0 Å². The van der Waals surface area contributed by atoms with E-state index in [0.717, 1.165) is 23.9 Å². The van der Waals surface area contributed by atoms with Gasteiger partial charge in [-0.05, 0) is 12.1 Å². The van der Waals surface area contributed by atoms with Gasteiger partial charge in [0.2, 0.25) is 0 Å². The van der Waals surface area contributed by atoms with Gasteiger partial charge in [0, 0.05) is 13.0 Å². The summed E-state index contributed by atoms with van der Waals surface area (Å²) in [7, 11) is 0. The van der Waals surface area contributed by atoms with Crippen molar-refractivity contribution >= 4 is 16.9 Å². The first-order chi connectivity index (χ1) is 7.09. The Kier molecular flexibility index (Phi) is 4.32. The van der Waals surface area contributed by atoms with Crippen LogP contribution in [0.5, 0.6) is 0 Å². The van der Waals surface area contributed by atoms with Crippen molar-refractivity contribution in [1.82, 2.24) is 0 Å². The Hall–Kier alpha value is -1.34. The largest absolute Gasteiger partial charge is 0.288 e. The molecule has 0 radical (unpaired) electrons. The Morgan fingerprint density at radius 3 is 2.80 bits per heavy atom. The van der Waals surface area contributed by atoms with Crippen LogP contribution in [-0.4, -0.2) is 10.9 Å². The third kappa shape index (κ3) is 4.13. The molecule has 0 heterocycles. The molecule has 0 atom stereocenters. The Bertz CT molecular complexity index is 432. The van der Waals surface area contributed by atoms with E-state index in [4.69, 9.17) is 0 Å². The first-order valence-corrected chi connectivity index (χ1v) is 5.15. The molecule has 0 unspecified atom stereocenters. The normalized spacial score (nSPS) is 9.27. The van der Waals surface area contributed by atoms with E-state index in [0.29, 0.717) is 5.75 Å². The predicted octanol–water partition coefficient (Wildman–Crippen LogP) is 2.60. The van der Waals surface area contributed by atoms with Gasteiger partial charge in [-0.15, -0.1) is 0 Å². The molecule has 0 aliphatic carbocycles. The van der Waals surface area contributed by atoms with Gasteiger partial charge in [-0.2, -0.15) is 0 Å². The van der Waals surface area contributed by atoms with Crippen LogP contribution in [0.1, 0.15) is 12.5 Å². The van der Waals surface area contributed by atoms with E-state index in [1.54, 1.807) is 0 Å². The molecule has 0 amide bonds. The van der Waals surface area contributed by atoms with Crippen molar-refractivity contribution in [2.24, 2.45) is 0 Å². The van der Waals surface area contributed by atoms with Gasteiger partial charge in [0.15, 0.2) is 5.12 Å². The van der Waals surface area contributed by atoms with Crippen LogP contribution in [0, 0.1) is 23.5 Å². The SMILES string of the molecule is CC(=O)SCC#Cc1ccc(F)cc1F. The van der Waals surface area contributed by atoms with Crippen molar-refractivity contribution in [1.29, 1.82) is 0 Å². The summed E-state index contributed by atoms with van der Waals surface area (Å²) in [4.78, 5) is 10.5. The molecule has 0 N–H and O–H groups in total. The molecule has 1 aromatic rings. The number of hydrogen-bond donors (Lipinski definition) is 0. The fraction of sp³-hybridized carbons (Fsp3) is 0.182.